The second kappa shape index (κ2) is 7.77. The molecule has 1 amide bonds. The van der Waals surface area contributed by atoms with Crippen LogP contribution in [-0.4, -0.2) is 49.0 Å². The Hall–Kier alpha value is -1.26. The minimum atomic E-state index is 0.0481. The average Bonchev–Trinajstić information content (AvgIpc) is 3.02. The van der Waals surface area contributed by atoms with Crippen LogP contribution in [0.1, 0.15) is 43.2 Å². The highest BCUT2D eigenvalue weighted by molar-refractivity contribution is 7.99. The van der Waals surface area contributed by atoms with Gasteiger partial charge >= 0.3 is 0 Å². The fourth-order valence-electron chi connectivity index (χ4n) is 4.90. The fraction of sp³-hybridized carbons (Fsp3) is 0.591. The van der Waals surface area contributed by atoms with Gasteiger partial charge in [0.15, 0.2) is 0 Å². The minimum absolute atomic E-state index is 0.0481. The van der Waals surface area contributed by atoms with Gasteiger partial charge in [0.1, 0.15) is 0 Å². The van der Waals surface area contributed by atoms with Crippen molar-refractivity contribution in [3.05, 3.63) is 41.5 Å². The molecule has 1 aromatic carbocycles. The largest absolute Gasteiger partial charge is 0.355 e. The standard InChI is InChI=1S/C22H30N2OS/c1-23-21(25)19-16-22(20-5-3-2-4-18(19)20)9-12-24(13-10-22)11-6-17-7-14-26-15-8-17/h2-5,16-17H,6-15H2,1H3,(H,23,25). The Bertz CT molecular complexity index is 685. The number of fused-ring (bicyclic) bond motifs is 2. The van der Waals surface area contributed by atoms with Crippen LogP contribution >= 0.6 is 11.8 Å². The summed E-state index contributed by atoms with van der Waals surface area (Å²) in [6, 6.07) is 8.51. The molecule has 1 aliphatic carbocycles. The summed E-state index contributed by atoms with van der Waals surface area (Å²) in [6.07, 6.45) is 8.72. The van der Waals surface area contributed by atoms with E-state index in [1.54, 1.807) is 7.05 Å². The van der Waals surface area contributed by atoms with E-state index < -0.39 is 0 Å². The first-order chi connectivity index (χ1) is 12.7. The molecule has 0 radical (unpaired) electrons. The number of carbonyl (C=O) groups is 1. The van der Waals surface area contributed by atoms with Crippen LogP contribution in [0.15, 0.2) is 30.3 Å². The molecule has 2 saturated heterocycles. The highest BCUT2D eigenvalue weighted by atomic mass is 32.2. The van der Waals surface area contributed by atoms with Gasteiger partial charge in [-0.2, -0.15) is 11.8 Å². The molecule has 1 N–H and O–H groups in total. The minimum Gasteiger partial charge on any atom is -0.355 e. The molecule has 2 heterocycles. The lowest BCUT2D eigenvalue weighted by atomic mass is 9.74. The second-order valence-electron chi connectivity index (χ2n) is 8.02. The normalized spacial score (nSPS) is 22.9. The van der Waals surface area contributed by atoms with Gasteiger partial charge in [0.05, 0.1) is 0 Å². The first-order valence-electron chi connectivity index (χ1n) is 10.1. The highest BCUT2D eigenvalue weighted by Crippen LogP contribution is 2.47. The van der Waals surface area contributed by atoms with Gasteiger partial charge in [-0.3, -0.25) is 4.79 Å². The number of carbonyl (C=O) groups excluding carboxylic acids is 1. The average molecular weight is 371 g/mol. The summed E-state index contributed by atoms with van der Waals surface area (Å²) in [5.41, 5.74) is 3.44. The molecule has 0 saturated carbocycles. The first kappa shape index (κ1) is 18.1. The van der Waals surface area contributed by atoms with Crippen molar-refractivity contribution >= 4 is 23.2 Å². The number of allylic oxidation sites excluding steroid dienone is 1. The smallest absolute Gasteiger partial charge is 0.251 e. The molecule has 0 aromatic heterocycles. The van der Waals surface area contributed by atoms with Crippen LogP contribution in [0, 0.1) is 5.92 Å². The molecule has 2 aliphatic heterocycles. The maximum Gasteiger partial charge on any atom is 0.251 e. The Balaban J connectivity index is 1.42. The van der Waals surface area contributed by atoms with Crippen molar-refractivity contribution in [1.82, 2.24) is 10.2 Å². The molecule has 4 heteroatoms. The van der Waals surface area contributed by atoms with Crippen LogP contribution in [0.25, 0.3) is 5.57 Å². The van der Waals surface area contributed by atoms with E-state index in [2.05, 4.69) is 46.3 Å². The maximum atomic E-state index is 12.4. The molecule has 2 fully saturated rings. The zero-order valence-corrected chi connectivity index (χ0v) is 16.6. The van der Waals surface area contributed by atoms with Crippen LogP contribution in [0.2, 0.25) is 0 Å². The summed E-state index contributed by atoms with van der Waals surface area (Å²) in [4.78, 5) is 15.0. The van der Waals surface area contributed by atoms with E-state index in [1.807, 2.05) is 6.07 Å². The lowest BCUT2D eigenvalue weighted by Gasteiger charge is -2.39. The Kier molecular flexibility index (Phi) is 5.42. The second-order valence-corrected chi connectivity index (χ2v) is 9.25. The SMILES string of the molecule is CNC(=O)C1=CC2(CCN(CCC3CCSCC3)CC2)c2ccccc21. The van der Waals surface area contributed by atoms with Gasteiger partial charge < -0.3 is 10.2 Å². The highest BCUT2D eigenvalue weighted by Gasteiger charge is 2.41. The van der Waals surface area contributed by atoms with Crippen LogP contribution in [-0.2, 0) is 10.2 Å². The van der Waals surface area contributed by atoms with Crippen LogP contribution in [0.5, 0.6) is 0 Å². The first-order valence-corrected chi connectivity index (χ1v) is 11.2. The molecule has 26 heavy (non-hydrogen) atoms. The van der Waals surface area contributed by atoms with Crippen LogP contribution in [0.3, 0.4) is 0 Å². The number of nitrogens with one attached hydrogen (secondary N) is 1. The molecule has 140 valence electrons. The maximum absolute atomic E-state index is 12.4. The lowest BCUT2D eigenvalue weighted by Crippen LogP contribution is -2.41. The number of likely N-dealkylation sites (N-methyl/N-ethyl adjacent to an activating group) is 1. The molecule has 0 unspecified atom stereocenters. The summed E-state index contributed by atoms with van der Waals surface area (Å²) >= 11 is 2.12. The summed E-state index contributed by atoms with van der Waals surface area (Å²) in [6.45, 7) is 3.54. The molecule has 0 atom stereocenters. The molecule has 4 rings (SSSR count). The number of piperidine rings is 1. The van der Waals surface area contributed by atoms with Gasteiger partial charge in [0.25, 0.3) is 5.91 Å². The van der Waals surface area contributed by atoms with Gasteiger partial charge in [-0.1, -0.05) is 30.3 Å². The number of benzene rings is 1. The van der Waals surface area contributed by atoms with E-state index in [4.69, 9.17) is 0 Å². The predicted octanol–water partition coefficient (Wildman–Crippen LogP) is 3.70. The molecule has 3 nitrogen and oxygen atoms in total. The summed E-state index contributed by atoms with van der Waals surface area (Å²) < 4.78 is 0. The Morgan fingerprint density at radius 1 is 1.23 bits per heavy atom. The van der Waals surface area contributed by atoms with E-state index in [1.165, 1.54) is 42.9 Å². The number of hydrogen-bond acceptors (Lipinski definition) is 3. The Morgan fingerprint density at radius 3 is 2.69 bits per heavy atom. The zero-order valence-electron chi connectivity index (χ0n) is 15.8. The summed E-state index contributed by atoms with van der Waals surface area (Å²) in [5, 5.41) is 2.82. The molecule has 1 spiro atoms. The van der Waals surface area contributed by atoms with E-state index in [0.29, 0.717) is 0 Å². The number of thioether (sulfide) groups is 1. The van der Waals surface area contributed by atoms with Crippen molar-refractivity contribution in [3.8, 4) is 0 Å². The van der Waals surface area contributed by atoms with Crippen LogP contribution < -0.4 is 5.32 Å². The van der Waals surface area contributed by atoms with Crippen molar-refractivity contribution < 1.29 is 4.79 Å². The number of amides is 1. The van der Waals surface area contributed by atoms with Crippen molar-refractivity contribution in [2.24, 2.45) is 5.92 Å². The number of rotatable bonds is 4. The monoisotopic (exact) mass is 370 g/mol. The molecule has 0 bridgehead atoms. The zero-order chi connectivity index (χ0) is 18.0. The van der Waals surface area contributed by atoms with E-state index in [-0.39, 0.29) is 11.3 Å². The topological polar surface area (TPSA) is 32.3 Å². The summed E-state index contributed by atoms with van der Waals surface area (Å²) in [7, 11) is 1.73. The predicted molar refractivity (Wildman–Crippen MR) is 111 cm³/mol. The van der Waals surface area contributed by atoms with Gasteiger partial charge in [-0.25, -0.2) is 0 Å². The molecular weight excluding hydrogens is 340 g/mol. The summed E-state index contributed by atoms with van der Waals surface area (Å²) in [5.74, 6) is 3.71. The van der Waals surface area contributed by atoms with Crippen molar-refractivity contribution in [2.45, 2.75) is 37.5 Å². The van der Waals surface area contributed by atoms with Crippen LogP contribution in [0.4, 0.5) is 0 Å². The van der Waals surface area contributed by atoms with E-state index in [0.717, 1.165) is 43.0 Å². The van der Waals surface area contributed by atoms with Gasteiger partial charge in [0.2, 0.25) is 0 Å². The Labute approximate surface area is 161 Å². The third-order valence-corrected chi connectivity index (χ3v) is 7.64. The molecular formula is C22H30N2OS. The number of nitrogens with zero attached hydrogens (tertiary/aromatic N) is 1. The quantitative estimate of drug-likeness (QED) is 0.877. The lowest BCUT2D eigenvalue weighted by molar-refractivity contribution is -0.115. The van der Waals surface area contributed by atoms with Gasteiger partial charge in [0, 0.05) is 18.0 Å². The van der Waals surface area contributed by atoms with E-state index >= 15 is 0 Å². The third kappa shape index (κ3) is 3.46. The van der Waals surface area contributed by atoms with Crippen molar-refractivity contribution in [1.29, 1.82) is 0 Å². The van der Waals surface area contributed by atoms with Gasteiger partial charge in [-0.05, 0) is 80.3 Å². The van der Waals surface area contributed by atoms with Crippen molar-refractivity contribution in [3.63, 3.8) is 0 Å². The molecule has 1 aromatic rings. The number of likely N-dealkylation sites (tertiary alicyclic amines) is 1. The Morgan fingerprint density at radius 2 is 1.96 bits per heavy atom. The molecule has 3 aliphatic rings. The number of hydrogen-bond donors (Lipinski definition) is 1. The van der Waals surface area contributed by atoms with Gasteiger partial charge in [-0.15, -0.1) is 0 Å². The van der Waals surface area contributed by atoms with Crippen molar-refractivity contribution in [2.75, 3.05) is 38.2 Å². The van der Waals surface area contributed by atoms with E-state index in [9.17, 15) is 4.79 Å². The fourth-order valence-corrected chi connectivity index (χ4v) is 6.10. The third-order valence-electron chi connectivity index (χ3n) is 6.59.